The van der Waals surface area contributed by atoms with E-state index >= 15 is 0 Å². The molecule has 1 aliphatic heterocycles. The summed E-state index contributed by atoms with van der Waals surface area (Å²) in [5.41, 5.74) is 4.40. The van der Waals surface area contributed by atoms with Gasteiger partial charge in [-0.05, 0) is 68.3 Å². The predicted molar refractivity (Wildman–Crippen MR) is 67.7 cm³/mol. The molecule has 1 aliphatic rings. The molecule has 15 heavy (non-hydrogen) atoms. The highest BCUT2D eigenvalue weighted by atomic mass is 32.2. The van der Waals surface area contributed by atoms with Crippen LogP contribution < -0.4 is 5.32 Å². The van der Waals surface area contributed by atoms with Gasteiger partial charge >= 0.3 is 0 Å². The van der Waals surface area contributed by atoms with E-state index in [1.54, 1.807) is 0 Å². The second kappa shape index (κ2) is 4.58. The molecule has 2 rings (SSSR count). The van der Waals surface area contributed by atoms with Gasteiger partial charge in [0.15, 0.2) is 0 Å². The van der Waals surface area contributed by atoms with Crippen molar-refractivity contribution >= 4 is 11.8 Å². The lowest BCUT2D eigenvalue weighted by Gasteiger charge is -2.17. The summed E-state index contributed by atoms with van der Waals surface area (Å²) < 4.78 is 0. The van der Waals surface area contributed by atoms with Crippen LogP contribution in [0.25, 0.3) is 0 Å². The summed E-state index contributed by atoms with van der Waals surface area (Å²) in [4.78, 5) is 1.39. The molecule has 1 nitrogen and oxygen atoms in total. The van der Waals surface area contributed by atoms with Crippen LogP contribution in [0.1, 0.15) is 35.6 Å². The normalized spacial score (nSPS) is 20.9. The van der Waals surface area contributed by atoms with E-state index in [0.717, 1.165) is 0 Å². The van der Waals surface area contributed by atoms with E-state index in [2.05, 4.69) is 37.6 Å². The van der Waals surface area contributed by atoms with E-state index in [9.17, 15) is 0 Å². The number of hydrogen-bond donors (Lipinski definition) is 1. The van der Waals surface area contributed by atoms with Crippen LogP contribution in [-0.4, -0.2) is 12.8 Å². The molecule has 0 amide bonds. The van der Waals surface area contributed by atoms with E-state index in [1.165, 1.54) is 41.0 Å². The highest BCUT2D eigenvalue weighted by Gasteiger charge is 2.19. The summed E-state index contributed by atoms with van der Waals surface area (Å²) >= 11 is 1.84. The van der Waals surface area contributed by atoms with Gasteiger partial charge < -0.3 is 5.32 Å². The number of benzene rings is 1. The largest absolute Gasteiger partial charge is 0.310 e. The molecule has 1 N–H and O–H groups in total. The van der Waals surface area contributed by atoms with Gasteiger partial charge in [-0.1, -0.05) is 0 Å². The van der Waals surface area contributed by atoms with Crippen molar-refractivity contribution in [2.75, 3.05) is 12.8 Å². The molecule has 82 valence electrons. The van der Waals surface area contributed by atoms with Crippen LogP contribution >= 0.6 is 11.8 Å². The van der Waals surface area contributed by atoms with Gasteiger partial charge in [0.25, 0.3) is 0 Å². The quantitative estimate of drug-likeness (QED) is 0.768. The van der Waals surface area contributed by atoms with Crippen molar-refractivity contribution in [3.8, 4) is 0 Å². The summed E-state index contributed by atoms with van der Waals surface area (Å²) in [7, 11) is 0. The summed E-state index contributed by atoms with van der Waals surface area (Å²) in [5.74, 6) is 0. The van der Waals surface area contributed by atoms with Gasteiger partial charge in [-0.2, -0.15) is 0 Å². The van der Waals surface area contributed by atoms with Crippen LogP contribution in [0, 0.1) is 13.8 Å². The lowest BCUT2D eigenvalue weighted by atomic mass is 9.96. The molecular weight excluding hydrogens is 202 g/mol. The maximum atomic E-state index is 3.58. The SMILES string of the molecule is CSc1cc(C)c(C)c(C2CCCN2)c1. The van der Waals surface area contributed by atoms with Crippen molar-refractivity contribution in [1.29, 1.82) is 0 Å². The molecule has 1 atom stereocenters. The molecule has 0 radical (unpaired) electrons. The Kier molecular flexibility index (Phi) is 3.37. The van der Waals surface area contributed by atoms with Crippen molar-refractivity contribution in [2.45, 2.75) is 37.6 Å². The van der Waals surface area contributed by atoms with Gasteiger partial charge in [0, 0.05) is 10.9 Å². The number of rotatable bonds is 2. The van der Waals surface area contributed by atoms with E-state index in [1.807, 2.05) is 11.8 Å². The molecular formula is C13H19NS. The van der Waals surface area contributed by atoms with Gasteiger partial charge in [0.1, 0.15) is 0 Å². The Balaban J connectivity index is 2.39. The molecule has 1 unspecified atom stereocenters. The first-order valence-corrected chi connectivity index (χ1v) is 6.83. The lowest BCUT2D eigenvalue weighted by molar-refractivity contribution is 0.641. The average molecular weight is 221 g/mol. The van der Waals surface area contributed by atoms with Crippen molar-refractivity contribution in [3.63, 3.8) is 0 Å². The third-order valence-electron chi connectivity index (χ3n) is 3.35. The molecule has 2 heteroatoms. The first-order valence-electron chi connectivity index (χ1n) is 5.61. The Labute approximate surface area is 96.7 Å². The molecule has 0 aromatic heterocycles. The van der Waals surface area contributed by atoms with E-state index in [-0.39, 0.29) is 0 Å². The zero-order valence-electron chi connectivity index (χ0n) is 9.76. The van der Waals surface area contributed by atoms with Crippen molar-refractivity contribution in [1.82, 2.24) is 5.32 Å². The minimum Gasteiger partial charge on any atom is -0.310 e. The topological polar surface area (TPSA) is 12.0 Å². The lowest BCUT2D eigenvalue weighted by Crippen LogP contribution is -2.14. The minimum atomic E-state index is 0.593. The zero-order chi connectivity index (χ0) is 10.8. The number of nitrogens with one attached hydrogen (secondary N) is 1. The van der Waals surface area contributed by atoms with Crippen LogP contribution in [0.4, 0.5) is 0 Å². The summed E-state index contributed by atoms with van der Waals surface area (Å²) in [6.45, 7) is 5.63. The second-order valence-electron chi connectivity index (χ2n) is 4.31. The third-order valence-corrected chi connectivity index (χ3v) is 4.06. The van der Waals surface area contributed by atoms with Crippen molar-refractivity contribution < 1.29 is 0 Å². The van der Waals surface area contributed by atoms with Crippen LogP contribution in [0.3, 0.4) is 0 Å². The molecule has 0 saturated carbocycles. The fraction of sp³-hybridized carbons (Fsp3) is 0.538. The maximum Gasteiger partial charge on any atom is 0.0323 e. The number of aryl methyl sites for hydroxylation is 1. The molecule has 1 aromatic carbocycles. The number of hydrogen-bond acceptors (Lipinski definition) is 2. The van der Waals surface area contributed by atoms with Gasteiger partial charge in [0.05, 0.1) is 0 Å². The van der Waals surface area contributed by atoms with Crippen LogP contribution in [0.5, 0.6) is 0 Å². The van der Waals surface area contributed by atoms with Gasteiger partial charge in [-0.3, -0.25) is 0 Å². The zero-order valence-corrected chi connectivity index (χ0v) is 10.6. The molecule has 1 fully saturated rings. The number of thioether (sulfide) groups is 1. The Bertz CT molecular complexity index is 354. The van der Waals surface area contributed by atoms with Gasteiger partial charge in [-0.25, -0.2) is 0 Å². The van der Waals surface area contributed by atoms with Gasteiger partial charge in [0.2, 0.25) is 0 Å². The minimum absolute atomic E-state index is 0.593. The van der Waals surface area contributed by atoms with Crippen LogP contribution in [0.15, 0.2) is 17.0 Å². The molecule has 1 aromatic rings. The van der Waals surface area contributed by atoms with Crippen molar-refractivity contribution in [2.24, 2.45) is 0 Å². The third kappa shape index (κ3) is 2.21. The predicted octanol–water partition coefficient (Wildman–Crippen LogP) is 3.45. The van der Waals surface area contributed by atoms with Crippen LogP contribution in [-0.2, 0) is 0 Å². The Morgan fingerprint density at radius 1 is 1.33 bits per heavy atom. The highest BCUT2D eigenvalue weighted by Crippen LogP contribution is 2.31. The second-order valence-corrected chi connectivity index (χ2v) is 5.19. The fourth-order valence-corrected chi connectivity index (χ4v) is 2.82. The standard InChI is InChI=1S/C13H19NS/c1-9-7-11(15-3)8-12(10(9)2)13-5-4-6-14-13/h7-8,13-14H,4-6H2,1-3H3. The molecule has 0 aliphatic carbocycles. The fourth-order valence-electron chi connectivity index (χ4n) is 2.28. The summed E-state index contributed by atoms with van der Waals surface area (Å²) in [5, 5.41) is 3.58. The van der Waals surface area contributed by atoms with Gasteiger partial charge in [-0.15, -0.1) is 11.8 Å². The molecule has 0 spiro atoms. The first-order chi connectivity index (χ1) is 7.22. The first kappa shape index (κ1) is 11.0. The highest BCUT2D eigenvalue weighted by molar-refractivity contribution is 7.98. The maximum absolute atomic E-state index is 3.58. The Hall–Kier alpha value is -0.470. The molecule has 0 bridgehead atoms. The smallest absolute Gasteiger partial charge is 0.0323 e. The monoisotopic (exact) mass is 221 g/mol. The van der Waals surface area contributed by atoms with Crippen LogP contribution in [0.2, 0.25) is 0 Å². The van der Waals surface area contributed by atoms with E-state index in [4.69, 9.17) is 0 Å². The Morgan fingerprint density at radius 3 is 2.73 bits per heavy atom. The summed E-state index contributed by atoms with van der Waals surface area (Å²) in [6.07, 6.45) is 4.75. The summed E-state index contributed by atoms with van der Waals surface area (Å²) in [6, 6.07) is 5.24. The Morgan fingerprint density at radius 2 is 2.13 bits per heavy atom. The van der Waals surface area contributed by atoms with E-state index < -0.39 is 0 Å². The molecule has 1 heterocycles. The average Bonchev–Trinajstić information content (AvgIpc) is 2.75. The van der Waals surface area contributed by atoms with E-state index in [0.29, 0.717) is 6.04 Å². The van der Waals surface area contributed by atoms with Crippen molar-refractivity contribution in [3.05, 3.63) is 28.8 Å². The molecule has 1 saturated heterocycles.